The highest BCUT2D eigenvalue weighted by molar-refractivity contribution is 8.14. The second-order valence-electron chi connectivity index (χ2n) is 5.66. The fourth-order valence-corrected chi connectivity index (χ4v) is 4.90. The summed E-state index contributed by atoms with van der Waals surface area (Å²) in [5.41, 5.74) is -0.552. The molecule has 0 radical (unpaired) electrons. The van der Waals surface area contributed by atoms with Crippen LogP contribution in [0.3, 0.4) is 0 Å². The lowest BCUT2D eigenvalue weighted by Gasteiger charge is -2.17. The quantitative estimate of drug-likeness (QED) is 0.765. The van der Waals surface area contributed by atoms with Crippen LogP contribution in [0.4, 0.5) is 0 Å². The Hall–Kier alpha value is -1.03. The number of phenols is 1. The average Bonchev–Trinajstić information content (AvgIpc) is 2.91. The minimum Gasteiger partial charge on any atom is -0.504 e. The molecule has 0 aliphatic heterocycles. The van der Waals surface area contributed by atoms with E-state index < -0.39 is 33.6 Å². The van der Waals surface area contributed by atoms with Gasteiger partial charge in [0.05, 0.1) is 0 Å². The van der Waals surface area contributed by atoms with Gasteiger partial charge in [-0.15, -0.1) is 0 Å². The molecule has 1 heterocycles. The van der Waals surface area contributed by atoms with Gasteiger partial charge in [-0.25, -0.2) is 21.8 Å². The molecule has 0 unspecified atom stereocenters. The summed E-state index contributed by atoms with van der Waals surface area (Å²) < 4.78 is 52.3. The molecular weight excluding hydrogens is 401 g/mol. The lowest BCUT2D eigenvalue weighted by Crippen LogP contribution is -2.04. The van der Waals surface area contributed by atoms with Crippen molar-refractivity contribution in [2.75, 3.05) is 0 Å². The molecule has 0 atom stereocenters. The number of phenolic OH excluding ortho intramolecular Hbond substituents is 1. The van der Waals surface area contributed by atoms with Crippen molar-refractivity contribution in [3.8, 4) is 5.75 Å². The minimum absolute atomic E-state index is 0.0208. The molecule has 0 saturated heterocycles. The number of halogens is 2. The van der Waals surface area contributed by atoms with E-state index in [2.05, 4.69) is 4.98 Å². The van der Waals surface area contributed by atoms with Gasteiger partial charge in [0.25, 0.3) is 18.1 Å². The first-order chi connectivity index (χ1) is 11.1. The molecular formula is C13H13Cl2NO6S2. The Morgan fingerprint density at radius 2 is 1.62 bits per heavy atom. The smallest absolute Gasteiger partial charge is 0.265 e. The van der Waals surface area contributed by atoms with Crippen molar-refractivity contribution in [2.24, 2.45) is 0 Å². The van der Waals surface area contributed by atoms with Crippen molar-refractivity contribution in [1.82, 2.24) is 4.98 Å². The fourth-order valence-electron chi connectivity index (χ4n) is 2.92. The van der Waals surface area contributed by atoms with Crippen LogP contribution in [-0.2, 0) is 18.1 Å². The number of oxazole rings is 1. The van der Waals surface area contributed by atoms with Gasteiger partial charge in [-0.1, -0.05) is 19.3 Å². The number of aromatic nitrogens is 1. The van der Waals surface area contributed by atoms with Gasteiger partial charge in [-0.2, -0.15) is 0 Å². The van der Waals surface area contributed by atoms with Crippen LogP contribution in [-0.4, -0.2) is 26.9 Å². The van der Waals surface area contributed by atoms with E-state index in [0.717, 1.165) is 32.1 Å². The molecule has 132 valence electrons. The first kappa shape index (κ1) is 17.8. The molecule has 24 heavy (non-hydrogen) atoms. The molecule has 0 spiro atoms. The summed E-state index contributed by atoms with van der Waals surface area (Å²) >= 11 is 0. The van der Waals surface area contributed by atoms with Crippen molar-refractivity contribution in [2.45, 2.75) is 47.8 Å². The lowest BCUT2D eigenvalue weighted by atomic mass is 9.89. The van der Waals surface area contributed by atoms with E-state index in [-0.39, 0.29) is 22.9 Å². The van der Waals surface area contributed by atoms with Gasteiger partial charge in [0.15, 0.2) is 22.7 Å². The second kappa shape index (κ2) is 6.05. The molecule has 0 amide bonds. The Labute approximate surface area is 147 Å². The van der Waals surface area contributed by atoms with E-state index in [4.69, 9.17) is 25.8 Å². The van der Waals surface area contributed by atoms with E-state index in [1.54, 1.807) is 0 Å². The SMILES string of the molecule is O=S(=O)(Cl)c1cc(S(=O)(=O)Cl)c2oc(C3CCCCC3)nc2c1O. The second-order valence-corrected chi connectivity index (χ2v) is 10.7. The number of hydrogen-bond donors (Lipinski definition) is 1. The Morgan fingerprint density at radius 3 is 2.17 bits per heavy atom. The number of hydrogen-bond acceptors (Lipinski definition) is 7. The molecule has 1 fully saturated rings. The molecule has 1 aliphatic carbocycles. The maximum Gasteiger partial charge on any atom is 0.265 e. The first-order valence-electron chi connectivity index (χ1n) is 7.15. The van der Waals surface area contributed by atoms with E-state index in [9.17, 15) is 21.9 Å². The van der Waals surface area contributed by atoms with Crippen molar-refractivity contribution < 1.29 is 26.4 Å². The third-order valence-corrected chi connectivity index (χ3v) is 6.73. The minimum atomic E-state index is -4.41. The summed E-state index contributed by atoms with van der Waals surface area (Å²) in [4.78, 5) is 2.75. The van der Waals surface area contributed by atoms with Gasteiger partial charge in [-0.05, 0) is 18.9 Å². The zero-order valence-corrected chi connectivity index (χ0v) is 15.3. The van der Waals surface area contributed by atoms with Crippen molar-refractivity contribution >= 4 is 50.6 Å². The summed E-state index contributed by atoms with van der Waals surface area (Å²) in [6.45, 7) is 0. The van der Waals surface area contributed by atoms with E-state index in [1.807, 2.05) is 0 Å². The van der Waals surface area contributed by atoms with Crippen LogP contribution in [0, 0.1) is 0 Å². The van der Waals surface area contributed by atoms with Crippen LogP contribution >= 0.6 is 21.4 Å². The van der Waals surface area contributed by atoms with Crippen LogP contribution < -0.4 is 0 Å². The largest absolute Gasteiger partial charge is 0.504 e. The Balaban J connectivity index is 2.31. The van der Waals surface area contributed by atoms with E-state index >= 15 is 0 Å². The third kappa shape index (κ3) is 3.22. The van der Waals surface area contributed by atoms with Crippen LogP contribution in [0.15, 0.2) is 20.3 Å². The zero-order valence-electron chi connectivity index (χ0n) is 12.2. The average molecular weight is 414 g/mol. The molecule has 2 aromatic rings. The Bertz CT molecular complexity index is 1010. The van der Waals surface area contributed by atoms with E-state index in [0.29, 0.717) is 6.07 Å². The van der Waals surface area contributed by atoms with Gasteiger partial charge < -0.3 is 9.52 Å². The number of aromatic hydroxyl groups is 1. The van der Waals surface area contributed by atoms with Gasteiger partial charge in [0, 0.05) is 27.3 Å². The Morgan fingerprint density at radius 1 is 1.04 bits per heavy atom. The normalized spacial score (nSPS) is 17.4. The Kier molecular flexibility index (Phi) is 4.48. The predicted molar refractivity (Wildman–Crippen MR) is 87.6 cm³/mol. The molecule has 1 aromatic heterocycles. The molecule has 1 saturated carbocycles. The summed E-state index contributed by atoms with van der Waals surface area (Å²) in [5.74, 6) is -0.520. The molecule has 7 nitrogen and oxygen atoms in total. The highest BCUT2D eigenvalue weighted by Crippen LogP contribution is 2.41. The predicted octanol–water partition coefficient (Wildman–Crippen LogP) is 3.44. The molecule has 0 bridgehead atoms. The number of benzene rings is 1. The zero-order chi connectivity index (χ0) is 17.7. The van der Waals surface area contributed by atoms with Gasteiger partial charge in [0.1, 0.15) is 9.79 Å². The van der Waals surface area contributed by atoms with Crippen LogP contribution in [0.2, 0.25) is 0 Å². The monoisotopic (exact) mass is 413 g/mol. The van der Waals surface area contributed by atoms with Gasteiger partial charge >= 0.3 is 0 Å². The number of fused-ring (bicyclic) bond motifs is 1. The van der Waals surface area contributed by atoms with Crippen LogP contribution in [0.25, 0.3) is 11.1 Å². The molecule has 11 heteroatoms. The third-order valence-electron chi connectivity index (χ3n) is 4.07. The van der Waals surface area contributed by atoms with Crippen LogP contribution in [0.5, 0.6) is 5.75 Å². The summed E-state index contributed by atoms with van der Waals surface area (Å²) in [5, 5.41) is 10.2. The summed E-state index contributed by atoms with van der Waals surface area (Å²) in [6, 6.07) is 0.679. The highest BCUT2D eigenvalue weighted by Gasteiger charge is 2.30. The standard InChI is InChI=1S/C13H13Cl2NO6S2/c14-23(18,19)8-6-9(24(15,20)21)12-10(11(8)17)16-13(22-12)7-4-2-1-3-5-7/h6-7,17H,1-5H2. The maximum atomic E-state index is 11.8. The van der Waals surface area contributed by atoms with Crippen LogP contribution in [0.1, 0.15) is 43.9 Å². The number of nitrogens with zero attached hydrogens (tertiary/aromatic N) is 1. The highest BCUT2D eigenvalue weighted by atomic mass is 35.7. The van der Waals surface area contributed by atoms with Crippen molar-refractivity contribution in [3.05, 3.63) is 12.0 Å². The molecule has 1 N–H and O–H groups in total. The topological polar surface area (TPSA) is 115 Å². The summed E-state index contributed by atoms with van der Waals surface area (Å²) in [7, 11) is 1.88. The van der Waals surface area contributed by atoms with E-state index in [1.165, 1.54) is 0 Å². The lowest BCUT2D eigenvalue weighted by molar-refractivity contribution is 0.372. The van der Waals surface area contributed by atoms with Gasteiger partial charge in [0.2, 0.25) is 0 Å². The number of rotatable bonds is 3. The summed E-state index contributed by atoms with van der Waals surface area (Å²) in [6.07, 6.45) is 4.70. The first-order valence-corrected chi connectivity index (χ1v) is 11.8. The van der Waals surface area contributed by atoms with Crippen molar-refractivity contribution in [3.63, 3.8) is 0 Å². The molecule has 1 aromatic carbocycles. The van der Waals surface area contributed by atoms with Crippen molar-refractivity contribution in [1.29, 1.82) is 0 Å². The molecule has 1 aliphatic rings. The van der Waals surface area contributed by atoms with Gasteiger partial charge in [-0.3, -0.25) is 0 Å². The molecule has 3 rings (SSSR count). The maximum absolute atomic E-state index is 11.8. The fraction of sp³-hybridized carbons (Fsp3) is 0.462.